The Morgan fingerprint density at radius 1 is 1.44 bits per heavy atom. The lowest BCUT2D eigenvalue weighted by atomic mass is 10.1. The zero-order valence-electron chi connectivity index (χ0n) is 11.2. The van der Waals surface area contributed by atoms with Gasteiger partial charge in [-0.05, 0) is 50.8 Å². The maximum atomic E-state index is 5.97. The Balaban J connectivity index is 2.05. The average molecular weight is 312 g/mol. The number of halogens is 1. The Labute approximate surface area is 118 Å². The van der Waals surface area contributed by atoms with Crippen LogP contribution in [0.5, 0.6) is 5.75 Å². The second kappa shape index (κ2) is 6.58. The van der Waals surface area contributed by atoms with E-state index in [9.17, 15) is 0 Å². The predicted molar refractivity (Wildman–Crippen MR) is 79.1 cm³/mol. The number of benzene rings is 1. The fourth-order valence-electron chi connectivity index (χ4n) is 1.95. The Bertz CT molecular complexity index is 390. The SMILES string of the molecule is CCCNC(C)c1ccc(Br)cc1OCC1CC1. The van der Waals surface area contributed by atoms with Crippen LogP contribution < -0.4 is 10.1 Å². The molecule has 0 saturated heterocycles. The van der Waals surface area contributed by atoms with E-state index >= 15 is 0 Å². The summed E-state index contributed by atoms with van der Waals surface area (Å²) in [6, 6.07) is 6.66. The molecular weight excluding hydrogens is 290 g/mol. The molecule has 0 aromatic heterocycles. The van der Waals surface area contributed by atoms with Crippen LogP contribution in [0.2, 0.25) is 0 Å². The van der Waals surface area contributed by atoms with Gasteiger partial charge in [0.15, 0.2) is 0 Å². The Hall–Kier alpha value is -0.540. The van der Waals surface area contributed by atoms with Crippen LogP contribution >= 0.6 is 15.9 Å². The third kappa shape index (κ3) is 3.99. The standard InChI is InChI=1S/C15H22BrNO/c1-3-8-17-11(2)14-7-6-13(16)9-15(14)18-10-12-4-5-12/h6-7,9,11-12,17H,3-5,8,10H2,1-2H3. The highest BCUT2D eigenvalue weighted by molar-refractivity contribution is 9.10. The van der Waals surface area contributed by atoms with E-state index in [1.165, 1.54) is 18.4 Å². The molecule has 0 spiro atoms. The number of nitrogens with one attached hydrogen (secondary N) is 1. The van der Waals surface area contributed by atoms with Crippen molar-refractivity contribution in [3.05, 3.63) is 28.2 Å². The fourth-order valence-corrected chi connectivity index (χ4v) is 2.29. The second-order valence-corrected chi connectivity index (χ2v) is 6.03. The van der Waals surface area contributed by atoms with Gasteiger partial charge in [0.1, 0.15) is 5.75 Å². The van der Waals surface area contributed by atoms with Gasteiger partial charge < -0.3 is 10.1 Å². The summed E-state index contributed by atoms with van der Waals surface area (Å²) in [5.41, 5.74) is 1.26. The van der Waals surface area contributed by atoms with Crippen LogP contribution in [0, 0.1) is 5.92 Å². The van der Waals surface area contributed by atoms with Crippen molar-refractivity contribution >= 4 is 15.9 Å². The molecule has 1 N–H and O–H groups in total. The third-order valence-electron chi connectivity index (χ3n) is 3.31. The molecular formula is C15H22BrNO. The van der Waals surface area contributed by atoms with Crippen molar-refractivity contribution in [1.29, 1.82) is 0 Å². The van der Waals surface area contributed by atoms with E-state index in [2.05, 4.69) is 53.3 Å². The molecule has 1 aliphatic carbocycles. The quantitative estimate of drug-likeness (QED) is 0.810. The summed E-state index contributed by atoms with van der Waals surface area (Å²) in [6.45, 7) is 6.29. The van der Waals surface area contributed by atoms with E-state index in [4.69, 9.17) is 4.74 Å². The van der Waals surface area contributed by atoms with E-state index in [-0.39, 0.29) is 0 Å². The highest BCUT2D eigenvalue weighted by atomic mass is 79.9. The first-order chi connectivity index (χ1) is 8.70. The topological polar surface area (TPSA) is 21.3 Å². The molecule has 0 radical (unpaired) electrons. The summed E-state index contributed by atoms with van der Waals surface area (Å²) in [4.78, 5) is 0. The molecule has 1 saturated carbocycles. The smallest absolute Gasteiger partial charge is 0.125 e. The van der Waals surface area contributed by atoms with Crippen LogP contribution in [0.25, 0.3) is 0 Å². The average Bonchev–Trinajstić information content (AvgIpc) is 3.17. The molecule has 0 aliphatic heterocycles. The van der Waals surface area contributed by atoms with Crippen molar-refractivity contribution in [1.82, 2.24) is 5.32 Å². The van der Waals surface area contributed by atoms with E-state index in [0.29, 0.717) is 6.04 Å². The van der Waals surface area contributed by atoms with Gasteiger partial charge >= 0.3 is 0 Å². The molecule has 1 aromatic carbocycles. The van der Waals surface area contributed by atoms with Crippen molar-refractivity contribution in [2.24, 2.45) is 5.92 Å². The highest BCUT2D eigenvalue weighted by Gasteiger charge is 2.22. The van der Waals surface area contributed by atoms with Gasteiger partial charge in [0.25, 0.3) is 0 Å². The molecule has 100 valence electrons. The summed E-state index contributed by atoms with van der Waals surface area (Å²) in [7, 11) is 0. The van der Waals surface area contributed by atoms with Crippen molar-refractivity contribution in [2.75, 3.05) is 13.2 Å². The van der Waals surface area contributed by atoms with Crippen LogP contribution in [-0.4, -0.2) is 13.2 Å². The zero-order chi connectivity index (χ0) is 13.0. The molecule has 0 bridgehead atoms. The number of hydrogen-bond donors (Lipinski definition) is 1. The van der Waals surface area contributed by atoms with E-state index in [1.807, 2.05) is 0 Å². The Morgan fingerprint density at radius 3 is 2.89 bits per heavy atom. The molecule has 2 nitrogen and oxygen atoms in total. The monoisotopic (exact) mass is 311 g/mol. The molecule has 3 heteroatoms. The molecule has 1 atom stereocenters. The number of ether oxygens (including phenoxy) is 1. The molecule has 1 aromatic rings. The Morgan fingerprint density at radius 2 is 2.22 bits per heavy atom. The van der Waals surface area contributed by atoms with Crippen molar-refractivity contribution in [3.8, 4) is 5.75 Å². The summed E-state index contributed by atoms with van der Waals surface area (Å²) in [6.07, 6.45) is 3.80. The molecule has 1 aliphatic rings. The first-order valence-electron chi connectivity index (χ1n) is 6.86. The lowest BCUT2D eigenvalue weighted by Crippen LogP contribution is -2.20. The molecule has 0 amide bonds. The zero-order valence-corrected chi connectivity index (χ0v) is 12.8. The fraction of sp³-hybridized carbons (Fsp3) is 0.600. The highest BCUT2D eigenvalue weighted by Crippen LogP contribution is 2.33. The molecule has 1 fully saturated rings. The van der Waals surface area contributed by atoms with E-state index in [0.717, 1.165) is 35.7 Å². The van der Waals surface area contributed by atoms with E-state index < -0.39 is 0 Å². The van der Waals surface area contributed by atoms with Crippen LogP contribution in [0.1, 0.15) is 44.7 Å². The van der Waals surface area contributed by atoms with Gasteiger partial charge in [0.2, 0.25) is 0 Å². The van der Waals surface area contributed by atoms with Gasteiger partial charge in [-0.25, -0.2) is 0 Å². The van der Waals surface area contributed by atoms with Crippen molar-refractivity contribution < 1.29 is 4.74 Å². The van der Waals surface area contributed by atoms with Gasteiger partial charge in [-0.1, -0.05) is 28.9 Å². The maximum absolute atomic E-state index is 5.97. The predicted octanol–water partition coefficient (Wildman–Crippen LogP) is 4.30. The minimum Gasteiger partial charge on any atom is -0.493 e. The molecule has 0 heterocycles. The minimum atomic E-state index is 0.340. The van der Waals surface area contributed by atoms with Gasteiger partial charge in [-0.2, -0.15) is 0 Å². The second-order valence-electron chi connectivity index (χ2n) is 5.11. The summed E-state index contributed by atoms with van der Waals surface area (Å²) in [5.74, 6) is 1.81. The number of rotatable bonds is 7. The van der Waals surface area contributed by atoms with E-state index in [1.54, 1.807) is 0 Å². The third-order valence-corrected chi connectivity index (χ3v) is 3.81. The van der Waals surface area contributed by atoms with Gasteiger partial charge in [-0.3, -0.25) is 0 Å². The van der Waals surface area contributed by atoms with Crippen LogP contribution in [-0.2, 0) is 0 Å². The minimum absolute atomic E-state index is 0.340. The lowest BCUT2D eigenvalue weighted by Gasteiger charge is -2.18. The molecule has 2 rings (SSSR count). The summed E-state index contributed by atoms with van der Waals surface area (Å²) in [5, 5.41) is 3.52. The Kier molecular flexibility index (Phi) is 5.07. The maximum Gasteiger partial charge on any atom is 0.125 e. The lowest BCUT2D eigenvalue weighted by molar-refractivity contribution is 0.294. The molecule has 1 unspecified atom stereocenters. The van der Waals surface area contributed by atoms with Crippen LogP contribution in [0.15, 0.2) is 22.7 Å². The van der Waals surface area contributed by atoms with Gasteiger partial charge in [-0.15, -0.1) is 0 Å². The first kappa shape index (κ1) is 13.9. The van der Waals surface area contributed by atoms with Crippen LogP contribution in [0.4, 0.5) is 0 Å². The summed E-state index contributed by atoms with van der Waals surface area (Å²) >= 11 is 3.52. The van der Waals surface area contributed by atoms with Crippen molar-refractivity contribution in [3.63, 3.8) is 0 Å². The first-order valence-corrected chi connectivity index (χ1v) is 7.65. The normalized spacial score (nSPS) is 16.6. The summed E-state index contributed by atoms with van der Waals surface area (Å²) < 4.78 is 7.06. The largest absolute Gasteiger partial charge is 0.493 e. The van der Waals surface area contributed by atoms with Gasteiger partial charge in [0, 0.05) is 16.1 Å². The van der Waals surface area contributed by atoms with Crippen LogP contribution in [0.3, 0.4) is 0 Å². The van der Waals surface area contributed by atoms with Crippen molar-refractivity contribution in [2.45, 2.75) is 39.2 Å². The van der Waals surface area contributed by atoms with Gasteiger partial charge in [0.05, 0.1) is 6.61 Å². The number of hydrogen-bond acceptors (Lipinski definition) is 2. The molecule has 18 heavy (non-hydrogen) atoms.